The molecule has 1 aromatic carbocycles. The van der Waals surface area contributed by atoms with Gasteiger partial charge in [0, 0.05) is 18.0 Å². The molecule has 0 saturated carbocycles. The van der Waals surface area contributed by atoms with Crippen molar-refractivity contribution in [3.63, 3.8) is 0 Å². The number of hydrogen-bond acceptors (Lipinski definition) is 5. The summed E-state index contributed by atoms with van der Waals surface area (Å²) in [6, 6.07) is 5.94. The summed E-state index contributed by atoms with van der Waals surface area (Å²) in [7, 11) is 0. The van der Waals surface area contributed by atoms with Gasteiger partial charge < -0.3 is 9.15 Å². The van der Waals surface area contributed by atoms with Crippen molar-refractivity contribution in [2.75, 3.05) is 0 Å². The van der Waals surface area contributed by atoms with Gasteiger partial charge in [-0.25, -0.2) is 4.98 Å². The third-order valence-corrected chi connectivity index (χ3v) is 4.71. The number of halogens is 1. The number of thiophene rings is 1. The quantitative estimate of drug-likeness (QED) is 0.442. The fourth-order valence-corrected chi connectivity index (χ4v) is 3.70. The maximum absolute atomic E-state index is 11.3. The lowest BCUT2D eigenvalue weighted by atomic mass is 10.1. The van der Waals surface area contributed by atoms with E-state index in [1.165, 1.54) is 0 Å². The van der Waals surface area contributed by atoms with Crippen molar-refractivity contribution in [3.05, 3.63) is 46.5 Å². The first-order valence-electron chi connectivity index (χ1n) is 6.77. The Labute approximate surface area is 145 Å². The van der Waals surface area contributed by atoms with Crippen LogP contribution in [-0.4, -0.2) is 8.77 Å². The van der Waals surface area contributed by atoms with E-state index >= 15 is 0 Å². The molecular weight excluding hydrogens is 413 g/mol. The number of ether oxygens (including phenoxy) is 1. The van der Waals surface area contributed by atoms with Crippen LogP contribution in [0.2, 0.25) is 0 Å². The van der Waals surface area contributed by atoms with Gasteiger partial charge in [-0.2, -0.15) is 0 Å². The van der Waals surface area contributed by atoms with Gasteiger partial charge in [0.2, 0.25) is 0 Å². The van der Waals surface area contributed by atoms with Crippen molar-refractivity contribution < 1.29 is 13.9 Å². The topological polar surface area (TPSA) is 52.3 Å². The smallest absolute Gasteiger partial charge is 0.196 e. The predicted octanol–water partition coefficient (Wildman–Crippen LogP) is 4.59. The zero-order chi connectivity index (χ0) is 15.7. The van der Waals surface area contributed by atoms with Gasteiger partial charge in [0.25, 0.3) is 0 Å². The molecule has 2 heterocycles. The van der Waals surface area contributed by atoms with Crippen LogP contribution in [0, 0.1) is 13.8 Å². The molecule has 0 atom stereocenters. The molecule has 0 radical (unpaired) electrons. The van der Waals surface area contributed by atoms with E-state index in [4.69, 9.17) is 9.15 Å². The number of hydrogen-bond donors (Lipinski definition) is 0. The Balaban J connectivity index is 1.78. The normalized spacial score (nSPS) is 11.0. The van der Waals surface area contributed by atoms with Gasteiger partial charge in [-0.15, -0.1) is 11.3 Å². The van der Waals surface area contributed by atoms with Crippen molar-refractivity contribution in [2.45, 2.75) is 26.9 Å². The number of aryl methyl sites for hydroxylation is 2. The molecule has 0 saturated heterocycles. The second-order valence-corrected chi connectivity index (χ2v) is 7.09. The molecular formula is C16H14INO3S. The Morgan fingerprint density at radius 3 is 2.91 bits per heavy atom. The van der Waals surface area contributed by atoms with Crippen molar-refractivity contribution >= 4 is 47.8 Å². The first kappa shape index (κ1) is 15.5. The van der Waals surface area contributed by atoms with Crippen molar-refractivity contribution in [1.29, 1.82) is 0 Å². The Bertz CT molecular complexity index is 837. The zero-order valence-electron chi connectivity index (χ0n) is 12.2. The number of carbonyl (C=O) groups excluding carboxylic acids is 1. The molecule has 6 heteroatoms. The van der Waals surface area contributed by atoms with Crippen LogP contribution in [0.3, 0.4) is 0 Å². The number of fused-ring (bicyclic) bond motifs is 1. The highest BCUT2D eigenvalue weighted by Gasteiger charge is 2.10. The van der Waals surface area contributed by atoms with Gasteiger partial charge in [0.15, 0.2) is 9.68 Å². The molecule has 0 spiro atoms. The van der Waals surface area contributed by atoms with Gasteiger partial charge >= 0.3 is 0 Å². The summed E-state index contributed by atoms with van der Waals surface area (Å²) in [5.41, 5.74) is 1.90. The molecule has 0 aliphatic rings. The first-order chi connectivity index (χ1) is 10.5. The van der Waals surface area contributed by atoms with Crippen LogP contribution in [0.1, 0.15) is 22.9 Å². The fourth-order valence-electron chi connectivity index (χ4n) is 2.30. The lowest BCUT2D eigenvalue weighted by Gasteiger charge is -2.05. The molecule has 4 nitrogen and oxygen atoms in total. The van der Waals surface area contributed by atoms with E-state index in [0.29, 0.717) is 18.9 Å². The number of carbonyl (C=O) groups is 1. The van der Waals surface area contributed by atoms with E-state index < -0.39 is 0 Å². The minimum absolute atomic E-state index is 0.148. The van der Waals surface area contributed by atoms with Crippen LogP contribution in [-0.2, 0) is 17.8 Å². The summed E-state index contributed by atoms with van der Waals surface area (Å²) in [4.78, 5) is 15.6. The molecule has 0 fully saturated rings. The van der Waals surface area contributed by atoms with Gasteiger partial charge in [-0.05, 0) is 64.0 Å². The van der Waals surface area contributed by atoms with Gasteiger partial charge in [0.05, 0.1) is 0 Å². The molecule has 3 aromatic rings. The predicted molar refractivity (Wildman–Crippen MR) is 94.9 cm³/mol. The Kier molecular flexibility index (Phi) is 4.49. The highest BCUT2D eigenvalue weighted by atomic mass is 127. The van der Waals surface area contributed by atoms with Crippen LogP contribution >= 0.6 is 33.9 Å². The third-order valence-electron chi connectivity index (χ3n) is 3.33. The number of nitrogens with zero attached hydrogens (tertiary/aromatic N) is 1. The molecule has 3 rings (SSSR count). The highest BCUT2D eigenvalue weighted by molar-refractivity contribution is 14.1. The third kappa shape index (κ3) is 3.33. The van der Waals surface area contributed by atoms with E-state index in [2.05, 4.69) is 4.98 Å². The molecule has 0 unspecified atom stereocenters. The minimum Gasteiger partial charge on any atom is -0.487 e. The zero-order valence-corrected chi connectivity index (χ0v) is 15.2. The summed E-state index contributed by atoms with van der Waals surface area (Å²) in [5, 5.41) is 3.16. The summed E-state index contributed by atoms with van der Waals surface area (Å²) >= 11 is 3.46. The molecule has 114 valence electrons. The fraction of sp³-hybridized carbons (Fsp3) is 0.250. The second-order valence-electron chi connectivity index (χ2n) is 4.98. The molecule has 0 N–H and O–H groups in total. The van der Waals surface area contributed by atoms with Crippen LogP contribution < -0.4 is 4.74 Å². The van der Waals surface area contributed by atoms with Crippen LogP contribution in [0.5, 0.6) is 5.75 Å². The van der Waals surface area contributed by atoms with E-state index in [1.54, 1.807) is 11.3 Å². The van der Waals surface area contributed by atoms with Crippen LogP contribution in [0.15, 0.2) is 28.0 Å². The average Bonchev–Trinajstić information content (AvgIpc) is 2.99. The van der Waals surface area contributed by atoms with Crippen molar-refractivity contribution in [2.24, 2.45) is 0 Å². The SMILES string of the molecule is Cc1nc(COc2ccc3c(CC(=O)I)csc3c2)c(C)o1. The lowest BCUT2D eigenvalue weighted by molar-refractivity contribution is -0.108. The Morgan fingerprint density at radius 2 is 2.23 bits per heavy atom. The molecule has 22 heavy (non-hydrogen) atoms. The lowest BCUT2D eigenvalue weighted by Crippen LogP contribution is -1.97. The molecule has 2 aromatic heterocycles. The Hall–Kier alpha value is -1.41. The number of aromatic nitrogens is 1. The van der Waals surface area contributed by atoms with Crippen molar-refractivity contribution in [3.8, 4) is 5.75 Å². The maximum Gasteiger partial charge on any atom is 0.196 e. The van der Waals surface area contributed by atoms with Gasteiger partial charge in [-0.3, -0.25) is 4.79 Å². The molecule has 0 amide bonds. The number of rotatable bonds is 5. The van der Waals surface area contributed by atoms with E-state index in [0.717, 1.165) is 32.9 Å². The monoisotopic (exact) mass is 427 g/mol. The number of oxazole rings is 1. The minimum atomic E-state index is 0.148. The summed E-state index contributed by atoms with van der Waals surface area (Å²) in [5.74, 6) is 2.23. The van der Waals surface area contributed by atoms with Crippen molar-refractivity contribution in [1.82, 2.24) is 4.98 Å². The van der Waals surface area contributed by atoms with E-state index in [1.807, 2.05) is 60.0 Å². The van der Waals surface area contributed by atoms with Crippen LogP contribution in [0.4, 0.5) is 0 Å². The summed E-state index contributed by atoms with van der Waals surface area (Å²) in [6.07, 6.45) is 0.470. The van der Waals surface area contributed by atoms with Crippen LogP contribution in [0.25, 0.3) is 10.1 Å². The molecule has 0 aliphatic carbocycles. The first-order valence-corrected chi connectivity index (χ1v) is 8.73. The van der Waals surface area contributed by atoms with E-state index in [-0.39, 0.29) is 3.79 Å². The summed E-state index contributed by atoms with van der Waals surface area (Å²) < 4.78 is 12.5. The number of benzene rings is 1. The molecule has 0 bridgehead atoms. The second kappa shape index (κ2) is 6.37. The van der Waals surface area contributed by atoms with E-state index in [9.17, 15) is 4.79 Å². The highest BCUT2D eigenvalue weighted by Crippen LogP contribution is 2.30. The van der Waals surface area contributed by atoms with Gasteiger partial charge in [0.1, 0.15) is 23.8 Å². The summed E-state index contributed by atoms with van der Waals surface area (Å²) in [6.45, 7) is 4.10. The standard InChI is InChI=1S/C16H14INO3S/c1-9-14(18-10(2)21-9)7-20-12-3-4-13-11(5-16(17)19)8-22-15(13)6-12/h3-4,6,8H,5,7H2,1-2H3. The maximum atomic E-state index is 11.3. The van der Waals surface area contributed by atoms with Gasteiger partial charge in [-0.1, -0.05) is 0 Å². The molecule has 0 aliphatic heterocycles. The largest absolute Gasteiger partial charge is 0.487 e. The average molecular weight is 427 g/mol. The Morgan fingerprint density at radius 1 is 1.41 bits per heavy atom.